The van der Waals surface area contributed by atoms with E-state index in [-0.39, 0.29) is 5.54 Å². The molecular weight excluding hydrogens is 260 g/mol. The Labute approximate surface area is 130 Å². The molecule has 2 fully saturated rings. The maximum atomic E-state index is 9.73. The van der Waals surface area contributed by atoms with Crippen LogP contribution in [0.15, 0.2) is 0 Å². The lowest BCUT2D eigenvalue weighted by Gasteiger charge is -2.40. The predicted molar refractivity (Wildman–Crippen MR) is 87.1 cm³/mol. The van der Waals surface area contributed by atoms with Gasteiger partial charge in [0.25, 0.3) is 0 Å². The molecule has 2 aliphatic rings. The fourth-order valence-corrected chi connectivity index (χ4v) is 4.18. The normalized spacial score (nSPS) is 35.2. The Kier molecular flexibility index (Phi) is 5.65. The van der Waals surface area contributed by atoms with E-state index in [1.165, 1.54) is 25.9 Å². The van der Waals surface area contributed by atoms with Crippen molar-refractivity contribution >= 4 is 0 Å². The molecule has 0 bridgehead atoms. The van der Waals surface area contributed by atoms with Gasteiger partial charge in [-0.05, 0) is 59.5 Å². The van der Waals surface area contributed by atoms with Crippen molar-refractivity contribution in [3.05, 3.63) is 0 Å². The van der Waals surface area contributed by atoms with Gasteiger partial charge >= 0.3 is 0 Å². The second kappa shape index (κ2) is 7.09. The maximum Gasteiger partial charge on any atom is 0.109 e. The zero-order valence-corrected chi connectivity index (χ0v) is 14.2. The minimum Gasteiger partial charge on any atom is -0.304 e. The highest BCUT2D eigenvalue weighted by atomic mass is 15.3. The second-order valence-corrected chi connectivity index (χ2v) is 7.41. The van der Waals surface area contributed by atoms with E-state index < -0.39 is 0 Å². The van der Waals surface area contributed by atoms with Crippen LogP contribution in [0.4, 0.5) is 0 Å². The van der Waals surface area contributed by atoms with Crippen LogP contribution in [0.5, 0.6) is 0 Å². The summed E-state index contributed by atoms with van der Waals surface area (Å²) in [7, 11) is 2.21. The molecule has 1 N–H and O–H groups in total. The molecule has 0 aromatic rings. The Morgan fingerprint density at radius 3 is 2.76 bits per heavy atom. The van der Waals surface area contributed by atoms with Crippen LogP contribution in [0.25, 0.3) is 0 Å². The quantitative estimate of drug-likeness (QED) is 0.842. The number of likely N-dealkylation sites (N-methyl/N-ethyl adjacent to an activating group) is 1. The monoisotopic (exact) mass is 292 g/mol. The van der Waals surface area contributed by atoms with Crippen molar-refractivity contribution < 1.29 is 0 Å². The Morgan fingerprint density at radius 2 is 2.14 bits per heavy atom. The van der Waals surface area contributed by atoms with E-state index in [2.05, 4.69) is 49.0 Å². The van der Waals surface area contributed by atoms with Gasteiger partial charge in [0.2, 0.25) is 0 Å². The van der Waals surface area contributed by atoms with E-state index >= 15 is 0 Å². The molecule has 1 aliphatic carbocycles. The first kappa shape index (κ1) is 16.7. The first-order chi connectivity index (χ1) is 9.97. The Balaban J connectivity index is 1.91. The van der Waals surface area contributed by atoms with Crippen LogP contribution < -0.4 is 5.32 Å². The average molecular weight is 292 g/mol. The Hall–Kier alpha value is -0.630. The smallest absolute Gasteiger partial charge is 0.109 e. The molecule has 2 rings (SSSR count). The minimum absolute atomic E-state index is 0.274. The van der Waals surface area contributed by atoms with Gasteiger partial charge in [-0.2, -0.15) is 5.26 Å². The second-order valence-electron chi connectivity index (χ2n) is 7.41. The molecular formula is C17H32N4. The summed E-state index contributed by atoms with van der Waals surface area (Å²) in [4.78, 5) is 5.02. The van der Waals surface area contributed by atoms with Crippen molar-refractivity contribution in [1.29, 1.82) is 5.26 Å². The highest BCUT2D eigenvalue weighted by molar-refractivity contribution is 5.14. The molecule has 21 heavy (non-hydrogen) atoms. The first-order valence-corrected chi connectivity index (χ1v) is 8.58. The predicted octanol–water partition coefficient (Wildman–Crippen LogP) is 2.07. The highest BCUT2D eigenvalue weighted by Crippen LogP contribution is 2.38. The molecule has 0 radical (unpaired) electrons. The number of rotatable bonds is 5. The standard InChI is InChI=1S/C17H32N4/c1-14(2)19-17(13-18)8-5-6-16(17)7-9-21-11-10-20(4)12-15(21)3/h14-16,19H,5-12H2,1-4H3. The van der Waals surface area contributed by atoms with E-state index in [1.54, 1.807) is 0 Å². The zero-order valence-electron chi connectivity index (χ0n) is 14.2. The van der Waals surface area contributed by atoms with Gasteiger partial charge in [0.05, 0.1) is 6.07 Å². The van der Waals surface area contributed by atoms with E-state index in [1.807, 2.05) is 0 Å². The third-order valence-corrected chi connectivity index (χ3v) is 5.30. The molecule has 120 valence electrons. The molecule has 1 aliphatic heterocycles. The summed E-state index contributed by atoms with van der Waals surface area (Å²) in [6.45, 7) is 11.3. The molecule has 1 heterocycles. The molecule has 0 aromatic heterocycles. The van der Waals surface area contributed by atoms with E-state index in [9.17, 15) is 5.26 Å². The highest BCUT2D eigenvalue weighted by Gasteiger charge is 2.43. The van der Waals surface area contributed by atoms with Crippen LogP contribution in [-0.4, -0.2) is 60.6 Å². The van der Waals surface area contributed by atoms with Crippen LogP contribution in [0.3, 0.4) is 0 Å². The number of nitriles is 1. The molecule has 0 aromatic carbocycles. The molecule has 1 saturated carbocycles. The van der Waals surface area contributed by atoms with E-state index in [4.69, 9.17) is 0 Å². The summed E-state index contributed by atoms with van der Waals surface area (Å²) in [6.07, 6.45) is 4.57. The lowest BCUT2D eigenvalue weighted by Crippen LogP contribution is -2.53. The van der Waals surface area contributed by atoms with Gasteiger partial charge in [-0.15, -0.1) is 0 Å². The summed E-state index contributed by atoms with van der Waals surface area (Å²) < 4.78 is 0. The van der Waals surface area contributed by atoms with Gasteiger partial charge < -0.3 is 4.90 Å². The van der Waals surface area contributed by atoms with Crippen molar-refractivity contribution in [2.45, 2.75) is 64.1 Å². The van der Waals surface area contributed by atoms with Crippen molar-refractivity contribution in [3.63, 3.8) is 0 Å². The van der Waals surface area contributed by atoms with Gasteiger partial charge in [-0.1, -0.05) is 6.42 Å². The Morgan fingerprint density at radius 1 is 1.38 bits per heavy atom. The number of piperazine rings is 1. The largest absolute Gasteiger partial charge is 0.304 e. The zero-order chi connectivity index (χ0) is 15.5. The summed E-state index contributed by atoms with van der Waals surface area (Å²) >= 11 is 0. The fraction of sp³-hybridized carbons (Fsp3) is 0.941. The average Bonchev–Trinajstić information content (AvgIpc) is 2.80. The van der Waals surface area contributed by atoms with Gasteiger partial charge in [0.15, 0.2) is 0 Å². The molecule has 1 saturated heterocycles. The molecule has 3 atom stereocenters. The van der Waals surface area contributed by atoms with Gasteiger partial charge in [-0.25, -0.2) is 0 Å². The first-order valence-electron chi connectivity index (χ1n) is 8.58. The van der Waals surface area contributed by atoms with Crippen LogP contribution in [0.2, 0.25) is 0 Å². The van der Waals surface area contributed by atoms with E-state index in [0.717, 1.165) is 25.9 Å². The van der Waals surface area contributed by atoms with Crippen LogP contribution in [-0.2, 0) is 0 Å². The topological polar surface area (TPSA) is 42.3 Å². The summed E-state index contributed by atoms with van der Waals surface area (Å²) in [5.74, 6) is 0.511. The molecule has 4 heteroatoms. The van der Waals surface area contributed by atoms with Gasteiger partial charge in [-0.3, -0.25) is 10.2 Å². The van der Waals surface area contributed by atoms with E-state index in [0.29, 0.717) is 18.0 Å². The van der Waals surface area contributed by atoms with Gasteiger partial charge in [0, 0.05) is 31.7 Å². The van der Waals surface area contributed by atoms with Crippen LogP contribution in [0.1, 0.15) is 46.5 Å². The third-order valence-electron chi connectivity index (χ3n) is 5.30. The number of nitrogens with zero attached hydrogens (tertiary/aromatic N) is 3. The lowest BCUT2D eigenvalue weighted by atomic mass is 9.85. The minimum atomic E-state index is -0.274. The Bertz CT molecular complexity index is 375. The molecule has 3 unspecified atom stereocenters. The molecule has 0 amide bonds. The van der Waals surface area contributed by atoms with Crippen molar-refractivity contribution in [1.82, 2.24) is 15.1 Å². The SMILES string of the molecule is CC(C)NC1(C#N)CCCC1CCN1CCN(C)CC1C. The summed E-state index contributed by atoms with van der Waals surface area (Å²) in [5.41, 5.74) is -0.274. The van der Waals surface area contributed by atoms with Crippen LogP contribution in [0, 0.1) is 17.2 Å². The van der Waals surface area contributed by atoms with Crippen LogP contribution >= 0.6 is 0 Å². The number of nitrogens with one attached hydrogen (secondary N) is 1. The lowest BCUT2D eigenvalue weighted by molar-refractivity contribution is 0.0905. The molecule has 0 spiro atoms. The summed E-state index contributed by atoms with van der Waals surface area (Å²) in [5, 5.41) is 13.3. The third kappa shape index (κ3) is 3.97. The van der Waals surface area contributed by atoms with Crippen molar-refractivity contribution in [3.8, 4) is 6.07 Å². The fourth-order valence-electron chi connectivity index (χ4n) is 4.18. The maximum absolute atomic E-state index is 9.73. The molecule has 4 nitrogen and oxygen atoms in total. The van der Waals surface area contributed by atoms with Crippen molar-refractivity contribution in [2.24, 2.45) is 5.92 Å². The summed E-state index contributed by atoms with van der Waals surface area (Å²) in [6, 6.07) is 3.65. The number of hydrogen-bond donors (Lipinski definition) is 1. The van der Waals surface area contributed by atoms with Crippen molar-refractivity contribution in [2.75, 3.05) is 33.2 Å². The van der Waals surface area contributed by atoms with Gasteiger partial charge in [0.1, 0.15) is 5.54 Å². The number of hydrogen-bond acceptors (Lipinski definition) is 4.